The van der Waals surface area contributed by atoms with E-state index in [4.69, 9.17) is 5.73 Å². The molecule has 4 nitrogen and oxygen atoms in total. The van der Waals surface area contributed by atoms with Crippen LogP contribution in [0.2, 0.25) is 0 Å². The molecule has 0 aliphatic carbocycles. The van der Waals surface area contributed by atoms with Crippen molar-refractivity contribution >= 4 is 11.9 Å². The van der Waals surface area contributed by atoms with Crippen LogP contribution < -0.4 is 11.1 Å². The Hall–Kier alpha value is -1.16. The maximum absolute atomic E-state index is 5.56. The third-order valence-electron chi connectivity index (χ3n) is 2.62. The second kappa shape index (κ2) is 7.17. The van der Waals surface area contributed by atoms with Crippen LogP contribution in [0.15, 0.2) is 21.8 Å². The molecule has 0 rings (SSSR count). The number of hydrogen-bond acceptors (Lipinski definition) is 4. The van der Waals surface area contributed by atoms with E-state index < -0.39 is 0 Å². The first-order chi connectivity index (χ1) is 7.12. The molecule has 2 unspecified atom stereocenters. The maximum Gasteiger partial charge on any atom is 0.0490 e. The van der Waals surface area contributed by atoms with Crippen LogP contribution in [-0.4, -0.2) is 39.1 Å². The maximum atomic E-state index is 5.56. The second-order valence-electron chi connectivity index (χ2n) is 3.48. The zero-order valence-corrected chi connectivity index (χ0v) is 10.3. The summed E-state index contributed by atoms with van der Waals surface area (Å²) in [7, 11) is 5.44. The Morgan fingerprint density at radius 2 is 1.93 bits per heavy atom. The van der Waals surface area contributed by atoms with Crippen molar-refractivity contribution in [2.75, 3.05) is 21.1 Å². The van der Waals surface area contributed by atoms with E-state index in [2.05, 4.69) is 29.1 Å². The average Bonchev–Trinajstić information content (AvgIpc) is 2.27. The molecule has 0 aliphatic heterocycles. The van der Waals surface area contributed by atoms with Crippen LogP contribution in [0.25, 0.3) is 0 Å². The highest BCUT2D eigenvalue weighted by Gasteiger charge is 2.18. The van der Waals surface area contributed by atoms with Crippen molar-refractivity contribution in [1.82, 2.24) is 5.32 Å². The summed E-state index contributed by atoms with van der Waals surface area (Å²) in [6, 6.07) is 0.351. The van der Waals surface area contributed by atoms with Gasteiger partial charge in [-0.25, -0.2) is 0 Å². The molecular weight excluding hydrogens is 188 g/mol. The number of hydrogen-bond donors (Lipinski definition) is 2. The molecule has 0 heterocycles. The van der Waals surface area contributed by atoms with E-state index in [1.807, 2.05) is 7.05 Å². The van der Waals surface area contributed by atoms with Gasteiger partial charge >= 0.3 is 0 Å². The van der Waals surface area contributed by atoms with Gasteiger partial charge in [0.2, 0.25) is 0 Å². The topological polar surface area (TPSA) is 62.8 Å². The minimum Gasteiger partial charge on any atom is -0.404 e. The Balaban J connectivity index is 4.92. The third kappa shape index (κ3) is 3.83. The zero-order chi connectivity index (χ0) is 11.8. The molecule has 3 N–H and O–H groups in total. The summed E-state index contributed by atoms with van der Waals surface area (Å²) >= 11 is 0. The highest BCUT2D eigenvalue weighted by molar-refractivity contribution is 6.17. The number of aliphatic imine (C=N–C) groups is 2. The van der Waals surface area contributed by atoms with Gasteiger partial charge in [-0.15, -0.1) is 0 Å². The molecule has 86 valence electrons. The van der Waals surface area contributed by atoms with Crippen LogP contribution in [0.5, 0.6) is 0 Å². The summed E-state index contributed by atoms with van der Waals surface area (Å²) < 4.78 is 0. The Labute approximate surface area is 92.4 Å². The molecular formula is C11H22N4. The SMILES string of the molecule is CN=CC(=CN)C(=NC)C(C)C(C)NC. The summed E-state index contributed by atoms with van der Waals surface area (Å²) in [5, 5.41) is 3.21. The number of nitrogens with one attached hydrogen (secondary N) is 1. The molecule has 2 atom stereocenters. The van der Waals surface area contributed by atoms with E-state index in [0.717, 1.165) is 11.3 Å². The molecule has 0 spiro atoms. The van der Waals surface area contributed by atoms with Gasteiger partial charge in [0, 0.05) is 49.8 Å². The van der Waals surface area contributed by atoms with Gasteiger partial charge in [-0.05, 0) is 14.0 Å². The minimum absolute atomic E-state index is 0.299. The molecule has 0 radical (unpaired) electrons. The van der Waals surface area contributed by atoms with E-state index in [1.165, 1.54) is 0 Å². The lowest BCUT2D eigenvalue weighted by Gasteiger charge is -2.21. The second-order valence-corrected chi connectivity index (χ2v) is 3.48. The van der Waals surface area contributed by atoms with Gasteiger partial charge in [0.25, 0.3) is 0 Å². The molecule has 0 aromatic carbocycles. The highest BCUT2D eigenvalue weighted by Crippen LogP contribution is 2.11. The van der Waals surface area contributed by atoms with Crippen LogP contribution >= 0.6 is 0 Å². The number of nitrogens with two attached hydrogens (primary N) is 1. The number of rotatable bonds is 5. The standard InChI is InChI=1S/C11H22N4/c1-8(9(2)14-4)11(15-5)10(6-12)7-13-3/h6-9,14H,12H2,1-5H3. The van der Waals surface area contributed by atoms with Gasteiger partial charge in [0.1, 0.15) is 0 Å². The normalized spacial score (nSPS) is 18.2. The average molecular weight is 210 g/mol. The summed E-state index contributed by atoms with van der Waals surface area (Å²) in [5.74, 6) is 0.299. The van der Waals surface area contributed by atoms with E-state index in [1.54, 1.807) is 26.5 Å². The monoisotopic (exact) mass is 210 g/mol. The first-order valence-electron chi connectivity index (χ1n) is 5.10. The molecule has 0 amide bonds. The predicted molar refractivity (Wildman–Crippen MR) is 67.7 cm³/mol. The van der Waals surface area contributed by atoms with E-state index in [9.17, 15) is 0 Å². The molecule has 0 aromatic heterocycles. The van der Waals surface area contributed by atoms with Crippen molar-refractivity contribution in [3.63, 3.8) is 0 Å². The van der Waals surface area contributed by atoms with Gasteiger partial charge in [-0.2, -0.15) is 0 Å². The lowest BCUT2D eigenvalue weighted by molar-refractivity contribution is 0.522. The van der Waals surface area contributed by atoms with E-state index in [0.29, 0.717) is 12.0 Å². The van der Waals surface area contributed by atoms with E-state index in [-0.39, 0.29) is 0 Å². The summed E-state index contributed by atoms with van der Waals surface area (Å²) in [6.07, 6.45) is 3.29. The van der Waals surface area contributed by atoms with Gasteiger partial charge in [0.05, 0.1) is 0 Å². The summed E-state index contributed by atoms with van der Waals surface area (Å²) in [6.45, 7) is 4.24. The van der Waals surface area contributed by atoms with Gasteiger partial charge in [0.15, 0.2) is 0 Å². The molecule has 0 bridgehead atoms. The molecule has 0 fully saturated rings. The van der Waals surface area contributed by atoms with Crippen molar-refractivity contribution < 1.29 is 0 Å². The molecule has 0 aromatic rings. The first-order valence-corrected chi connectivity index (χ1v) is 5.10. The lowest BCUT2D eigenvalue weighted by Crippen LogP contribution is -2.35. The molecule has 15 heavy (non-hydrogen) atoms. The van der Waals surface area contributed by atoms with Crippen molar-refractivity contribution in [3.05, 3.63) is 11.8 Å². The Morgan fingerprint density at radius 1 is 1.33 bits per heavy atom. The highest BCUT2D eigenvalue weighted by atomic mass is 14.9. The molecule has 4 heteroatoms. The fourth-order valence-corrected chi connectivity index (χ4v) is 1.42. The van der Waals surface area contributed by atoms with Crippen molar-refractivity contribution in [2.45, 2.75) is 19.9 Å². The van der Waals surface area contributed by atoms with Crippen LogP contribution in [0.4, 0.5) is 0 Å². The quantitative estimate of drug-likeness (QED) is 0.661. The number of allylic oxidation sites excluding steroid dienone is 1. The van der Waals surface area contributed by atoms with Gasteiger partial charge in [-0.1, -0.05) is 6.92 Å². The van der Waals surface area contributed by atoms with Crippen LogP contribution in [0, 0.1) is 5.92 Å². The number of nitrogens with zero attached hydrogens (tertiary/aromatic N) is 2. The lowest BCUT2D eigenvalue weighted by atomic mass is 9.93. The fraction of sp³-hybridized carbons (Fsp3) is 0.636. The Morgan fingerprint density at radius 3 is 2.27 bits per heavy atom. The first kappa shape index (κ1) is 13.8. The van der Waals surface area contributed by atoms with Crippen LogP contribution in [0.1, 0.15) is 13.8 Å². The van der Waals surface area contributed by atoms with Gasteiger partial charge in [-0.3, -0.25) is 9.98 Å². The third-order valence-corrected chi connectivity index (χ3v) is 2.62. The van der Waals surface area contributed by atoms with Crippen molar-refractivity contribution in [1.29, 1.82) is 0 Å². The molecule has 0 saturated heterocycles. The van der Waals surface area contributed by atoms with Gasteiger partial charge < -0.3 is 11.1 Å². The largest absolute Gasteiger partial charge is 0.404 e. The Bertz CT molecular complexity index is 266. The van der Waals surface area contributed by atoms with Crippen molar-refractivity contribution in [2.24, 2.45) is 21.6 Å². The van der Waals surface area contributed by atoms with E-state index >= 15 is 0 Å². The zero-order valence-electron chi connectivity index (χ0n) is 10.3. The summed E-state index contributed by atoms with van der Waals surface area (Å²) in [5.41, 5.74) is 7.42. The predicted octanol–water partition coefficient (Wildman–Crippen LogP) is 0.844. The summed E-state index contributed by atoms with van der Waals surface area (Å²) in [4.78, 5) is 8.25. The Kier molecular flexibility index (Phi) is 6.62. The van der Waals surface area contributed by atoms with Crippen LogP contribution in [-0.2, 0) is 0 Å². The minimum atomic E-state index is 0.299. The smallest absolute Gasteiger partial charge is 0.0490 e. The fourth-order valence-electron chi connectivity index (χ4n) is 1.42. The molecule has 0 saturated carbocycles. The van der Waals surface area contributed by atoms with Crippen molar-refractivity contribution in [3.8, 4) is 0 Å². The van der Waals surface area contributed by atoms with Crippen LogP contribution in [0.3, 0.4) is 0 Å². The molecule has 0 aliphatic rings.